The van der Waals surface area contributed by atoms with E-state index in [1.165, 1.54) is 43.5 Å². The molecule has 2 fully saturated rings. The van der Waals surface area contributed by atoms with Crippen LogP contribution < -0.4 is 16.0 Å². The fourth-order valence-corrected chi connectivity index (χ4v) is 6.15. The van der Waals surface area contributed by atoms with Crippen LogP contribution in [0.25, 0.3) is 0 Å². The van der Waals surface area contributed by atoms with Crippen LogP contribution in [0.5, 0.6) is 0 Å². The maximum atomic E-state index is 12.7. The molecule has 2 aliphatic carbocycles. The summed E-state index contributed by atoms with van der Waals surface area (Å²) in [6.07, 6.45) is 11.5. The van der Waals surface area contributed by atoms with Crippen LogP contribution in [-0.2, 0) is 22.9 Å². The molecule has 0 aliphatic heterocycles. The number of rotatable bonds is 10. The van der Waals surface area contributed by atoms with Crippen LogP contribution in [0.4, 0.5) is 5.82 Å². The number of amides is 1. The molecule has 4 N–H and O–H groups in total. The van der Waals surface area contributed by atoms with Crippen LogP contribution in [-0.4, -0.2) is 52.8 Å². The predicted octanol–water partition coefficient (Wildman–Crippen LogP) is 3.70. The van der Waals surface area contributed by atoms with Crippen molar-refractivity contribution in [3.63, 3.8) is 0 Å². The molecule has 1 amide bonds. The molecule has 10 nitrogen and oxygen atoms in total. The normalized spacial score (nSPS) is 20.1. The van der Waals surface area contributed by atoms with Crippen LogP contribution in [0.2, 0.25) is 0 Å². The summed E-state index contributed by atoms with van der Waals surface area (Å²) in [7, 11) is -3.36. The van der Waals surface area contributed by atoms with Gasteiger partial charge in [0.1, 0.15) is 11.6 Å². The second kappa shape index (κ2) is 12.3. The molecule has 0 bridgehead atoms. The van der Waals surface area contributed by atoms with Crippen LogP contribution in [0, 0.1) is 0 Å². The number of carbonyl (C=O) groups excluding carboxylic acids is 1. The summed E-state index contributed by atoms with van der Waals surface area (Å²) in [5.41, 5.74) is 2.60. The van der Waals surface area contributed by atoms with Gasteiger partial charge in [-0.1, -0.05) is 18.9 Å². The number of H-pyrrole nitrogens is 1. The minimum absolute atomic E-state index is 0.0675. The Kier molecular flexibility index (Phi) is 8.56. The van der Waals surface area contributed by atoms with Gasteiger partial charge in [0.15, 0.2) is 9.84 Å². The van der Waals surface area contributed by atoms with E-state index in [0.717, 1.165) is 49.3 Å². The molecular formula is C28H37N7O3S. The van der Waals surface area contributed by atoms with Gasteiger partial charge in [-0.15, -0.1) is 0 Å². The quantitative estimate of drug-likeness (QED) is 0.299. The first-order valence-corrected chi connectivity index (χ1v) is 15.7. The predicted molar refractivity (Wildman–Crippen MR) is 149 cm³/mol. The van der Waals surface area contributed by atoms with Gasteiger partial charge >= 0.3 is 0 Å². The third kappa shape index (κ3) is 7.42. The van der Waals surface area contributed by atoms with E-state index in [0.29, 0.717) is 30.6 Å². The van der Waals surface area contributed by atoms with Gasteiger partial charge < -0.3 is 16.0 Å². The number of sulfone groups is 1. The Morgan fingerprint density at radius 2 is 1.77 bits per heavy atom. The van der Waals surface area contributed by atoms with Gasteiger partial charge in [-0.05, 0) is 68.9 Å². The summed E-state index contributed by atoms with van der Waals surface area (Å²) in [4.78, 5) is 21.9. The van der Waals surface area contributed by atoms with E-state index in [2.05, 4.69) is 42.2 Å². The molecule has 2 aromatic heterocycles. The molecule has 0 saturated heterocycles. The van der Waals surface area contributed by atoms with Crippen molar-refractivity contribution in [3.8, 4) is 0 Å². The molecule has 0 radical (unpaired) electrons. The van der Waals surface area contributed by atoms with Crippen LogP contribution in [0.15, 0.2) is 47.5 Å². The fourth-order valence-electron chi connectivity index (χ4n) is 5.48. The lowest BCUT2D eigenvalue weighted by atomic mass is 9.91. The van der Waals surface area contributed by atoms with E-state index in [4.69, 9.17) is 0 Å². The van der Waals surface area contributed by atoms with Crippen molar-refractivity contribution < 1.29 is 13.2 Å². The second-order valence-electron chi connectivity index (χ2n) is 10.7. The van der Waals surface area contributed by atoms with Crippen molar-refractivity contribution in [2.24, 2.45) is 0 Å². The van der Waals surface area contributed by atoms with Crippen molar-refractivity contribution in [1.82, 2.24) is 30.8 Å². The molecule has 0 unspecified atom stereocenters. The highest BCUT2D eigenvalue weighted by molar-refractivity contribution is 7.90. The monoisotopic (exact) mass is 551 g/mol. The smallest absolute Gasteiger partial charge is 0.251 e. The molecule has 1 aromatic carbocycles. The van der Waals surface area contributed by atoms with Crippen molar-refractivity contribution in [3.05, 3.63) is 65.4 Å². The van der Waals surface area contributed by atoms with Crippen LogP contribution in [0.3, 0.4) is 0 Å². The van der Waals surface area contributed by atoms with Gasteiger partial charge in [-0.25, -0.2) is 18.4 Å². The number of hydrogen-bond acceptors (Lipinski definition) is 8. The van der Waals surface area contributed by atoms with Crippen molar-refractivity contribution in [2.45, 2.75) is 87.4 Å². The lowest BCUT2D eigenvalue weighted by Crippen LogP contribution is -2.42. The highest BCUT2D eigenvalue weighted by atomic mass is 32.2. The molecule has 39 heavy (non-hydrogen) atoms. The summed E-state index contributed by atoms with van der Waals surface area (Å²) >= 11 is 0. The van der Waals surface area contributed by atoms with Gasteiger partial charge in [0.25, 0.3) is 5.91 Å². The van der Waals surface area contributed by atoms with Crippen LogP contribution >= 0.6 is 0 Å². The molecule has 0 atom stereocenters. The molecule has 2 heterocycles. The number of hydrogen-bond donors (Lipinski definition) is 4. The maximum absolute atomic E-state index is 12.7. The largest absolute Gasteiger partial charge is 0.364 e. The Morgan fingerprint density at radius 3 is 2.54 bits per heavy atom. The Bertz CT molecular complexity index is 1380. The van der Waals surface area contributed by atoms with E-state index in [1.54, 1.807) is 18.3 Å². The van der Waals surface area contributed by atoms with Gasteiger partial charge in [0, 0.05) is 36.0 Å². The first-order chi connectivity index (χ1) is 18.8. The Hall–Kier alpha value is -3.31. The number of benzene rings is 1. The second-order valence-corrected chi connectivity index (χ2v) is 12.7. The van der Waals surface area contributed by atoms with E-state index < -0.39 is 9.84 Å². The highest BCUT2D eigenvalue weighted by Crippen LogP contribution is 2.33. The molecule has 2 aliphatic rings. The minimum atomic E-state index is -3.36. The summed E-state index contributed by atoms with van der Waals surface area (Å²) in [6, 6.07) is 10.6. The van der Waals surface area contributed by atoms with Gasteiger partial charge in [0.2, 0.25) is 0 Å². The summed E-state index contributed by atoms with van der Waals surface area (Å²) in [6.45, 7) is 1.21. The zero-order chi connectivity index (χ0) is 27.2. The topological polar surface area (TPSA) is 142 Å². The maximum Gasteiger partial charge on any atom is 0.251 e. The van der Waals surface area contributed by atoms with E-state index in [1.807, 2.05) is 6.07 Å². The zero-order valence-corrected chi connectivity index (χ0v) is 23.1. The number of nitrogens with one attached hydrogen (secondary N) is 4. The number of nitrogens with zero attached hydrogens (tertiary/aromatic N) is 3. The average Bonchev–Trinajstić information content (AvgIpc) is 3.64. The van der Waals surface area contributed by atoms with Gasteiger partial charge in [0.05, 0.1) is 29.4 Å². The lowest BCUT2D eigenvalue weighted by molar-refractivity contribution is 0.0924. The number of anilines is 1. The number of aromatic nitrogens is 4. The third-order valence-electron chi connectivity index (χ3n) is 7.73. The molecule has 208 valence electrons. The van der Waals surface area contributed by atoms with E-state index in [9.17, 15) is 13.2 Å². The first-order valence-electron chi connectivity index (χ1n) is 13.8. The Morgan fingerprint density at radius 1 is 1.00 bits per heavy atom. The SMILES string of the molecule is CS(=O)(=O)c1cccc(C(=O)NC2CCC(NCc3nccc(NCc4cc(C5CCCC5)n[nH]4)n3)CC2)c1. The van der Waals surface area contributed by atoms with E-state index in [-0.39, 0.29) is 16.8 Å². The third-order valence-corrected chi connectivity index (χ3v) is 8.84. The molecule has 2 saturated carbocycles. The standard InChI is InChI=1S/C28H37N7O3S/c1-39(37,38)24-8-4-7-20(15-24)28(36)32-22-11-9-21(10-12-22)30-18-27-29-14-13-26(33-27)31-17-23-16-25(35-34-23)19-5-2-3-6-19/h4,7-8,13-16,19,21-22,30H,2-3,5-6,9-12,17-18H2,1H3,(H,32,36)(H,34,35)(H,29,31,33). The fraction of sp³-hybridized carbons (Fsp3) is 0.500. The summed E-state index contributed by atoms with van der Waals surface area (Å²) in [5, 5.41) is 17.6. The molecule has 3 aromatic rings. The molecule has 5 rings (SSSR count). The number of carbonyl (C=O) groups is 1. The van der Waals surface area contributed by atoms with E-state index >= 15 is 0 Å². The minimum Gasteiger partial charge on any atom is -0.364 e. The van der Waals surface area contributed by atoms with Crippen LogP contribution in [0.1, 0.15) is 84.9 Å². The molecule has 0 spiro atoms. The summed E-state index contributed by atoms with van der Waals surface area (Å²) < 4.78 is 23.6. The van der Waals surface area contributed by atoms with Crippen molar-refractivity contribution in [1.29, 1.82) is 0 Å². The molecular weight excluding hydrogens is 514 g/mol. The Labute approximate surface area is 229 Å². The zero-order valence-electron chi connectivity index (χ0n) is 22.3. The lowest BCUT2D eigenvalue weighted by Gasteiger charge is -2.29. The highest BCUT2D eigenvalue weighted by Gasteiger charge is 2.23. The van der Waals surface area contributed by atoms with Gasteiger partial charge in [-0.2, -0.15) is 5.10 Å². The van der Waals surface area contributed by atoms with Gasteiger partial charge in [-0.3, -0.25) is 9.89 Å². The van der Waals surface area contributed by atoms with Crippen molar-refractivity contribution >= 4 is 21.6 Å². The average molecular weight is 552 g/mol. The van der Waals surface area contributed by atoms with Crippen molar-refractivity contribution in [2.75, 3.05) is 11.6 Å². The first kappa shape index (κ1) is 27.3. The number of aromatic amines is 1. The Balaban J connectivity index is 1.05. The molecule has 11 heteroatoms. The summed E-state index contributed by atoms with van der Waals surface area (Å²) in [5.74, 6) is 1.87.